The molecule has 0 fully saturated rings. The molecule has 28 heavy (non-hydrogen) atoms. The van der Waals surface area contributed by atoms with Gasteiger partial charge in [-0.15, -0.1) is 0 Å². The SMILES string of the molecule is CCC(CC(C)C(=O)OCC[Si](OC)(OC)OC)c1ccc2ccccc2c1. The Morgan fingerprint density at radius 2 is 1.64 bits per heavy atom. The van der Waals surface area contributed by atoms with Gasteiger partial charge >= 0.3 is 14.8 Å². The van der Waals surface area contributed by atoms with E-state index in [9.17, 15) is 4.79 Å². The van der Waals surface area contributed by atoms with Crippen molar-refractivity contribution in [2.45, 2.75) is 38.7 Å². The second-order valence-corrected chi connectivity index (χ2v) is 10.2. The summed E-state index contributed by atoms with van der Waals surface area (Å²) in [6.07, 6.45) is 1.73. The van der Waals surface area contributed by atoms with Crippen LogP contribution in [-0.2, 0) is 22.8 Å². The fourth-order valence-electron chi connectivity index (χ4n) is 3.50. The third kappa shape index (κ3) is 5.64. The van der Waals surface area contributed by atoms with Gasteiger partial charge in [-0.2, -0.15) is 0 Å². The smallest absolute Gasteiger partial charge is 0.465 e. The first-order valence-corrected chi connectivity index (χ1v) is 11.7. The summed E-state index contributed by atoms with van der Waals surface area (Å²) in [7, 11) is 1.95. The van der Waals surface area contributed by atoms with Crippen molar-refractivity contribution >= 4 is 25.5 Å². The van der Waals surface area contributed by atoms with Crippen LogP contribution in [0, 0.1) is 5.92 Å². The Labute approximate surface area is 169 Å². The van der Waals surface area contributed by atoms with E-state index in [0.717, 1.165) is 12.8 Å². The monoisotopic (exact) mass is 404 g/mol. The van der Waals surface area contributed by atoms with Gasteiger partial charge in [0, 0.05) is 21.3 Å². The lowest BCUT2D eigenvalue weighted by Gasteiger charge is -2.24. The molecule has 5 nitrogen and oxygen atoms in total. The van der Waals surface area contributed by atoms with E-state index in [4.69, 9.17) is 18.0 Å². The predicted molar refractivity (Wildman–Crippen MR) is 113 cm³/mol. The van der Waals surface area contributed by atoms with Crippen molar-refractivity contribution in [3.05, 3.63) is 48.0 Å². The van der Waals surface area contributed by atoms with Crippen LogP contribution in [0.4, 0.5) is 0 Å². The Kier molecular flexibility index (Phi) is 8.63. The molecule has 2 rings (SSSR count). The topological polar surface area (TPSA) is 54.0 Å². The van der Waals surface area contributed by atoms with Crippen LogP contribution in [0.15, 0.2) is 42.5 Å². The number of ether oxygens (including phenoxy) is 1. The average Bonchev–Trinajstić information content (AvgIpc) is 2.74. The van der Waals surface area contributed by atoms with Gasteiger partial charge < -0.3 is 18.0 Å². The molecule has 0 aliphatic rings. The van der Waals surface area contributed by atoms with Crippen LogP contribution < -0.4 is 0 Å². The number of hydrogen-bond acceptors (Lipinski definition) is 5. The van der Waals surface area contributed by atoms with Crippen molar-refractivity contribution in [1.29, 1.82) is 0 Å². The fourth-order valence-corrected chi connectivity index (χ4v) is 4.96. The average molecular weight is 405 g/mol. The zero-order valence-corrected chi connectivity index (χ0v) is 18.6. The third-order valence-electron chi connectivity index (χ3n) is 5.36. The lowest BCUT2D eigenvalue weighted by Crippen LogP contribution is -2.44. The summed E-state index contributed by atoms with van der Waals surface area (Å²) in [5.41, 5.74) is 1.27. The first-order valence-electron chi connectivity index (χ1n) is 9.79. The Morgan fingerprint density at radius 1 is 1.00 bits per heavy atom. The van der Waals surface area contributed by atoms with Gasteiger partial charge in [0.05, 0.1) is 18.6 Å². The molecule has 2 atom stereocenters. The van der Waals surface area contributed by atoms with Crippen molar-refractivity contribution in [3.8, 4) is 0 Å². The van der Waals surface area contributed by atoms with Crippen molar-refractivity contribution < 1.29 is 22.8 Å². The number of esters is 1. The molecule has 0 spiro atoms. The molecular weight excluding hydrogens is 372 g/mol. The molecule has 6 heteroatoms. The Morgan fingerprint density at radius 3 is 2.25 bits per heavy atom. The molecule has 0 radical (unpaired) electrons. The number of rotatable bonds is 11. The second kappa shape index (κ2) is 10.7. The lowest BCUT2D eigenvalue weighted by molar-refractivity contribution is -0.148. The molecule has 0 saturated carbocycles. The summed E-state index contributed by atoms with van der Waals surface area (Å²) < 4.78 is 21.5. The summed E-state index contributed by atoms with van der Waals surface area (Å²) in [6.45, 7) is 4.32. The fraction of sp³-hybridized carbons (Fsp3) is 0.500. The van der Waals surface area contributed by atoms with Crippen molar-refractivity contribution in [2.75, 3.05) is 27.9 Å². The van der Waals surface area contributed by atoms with Crippen LogP contribution in [-0.4, -0.2) is 42.7 Å². The first kappa shape index (κ1) is 22.6. The number of carbonyl (C=O) groups excluding carboxylic acids is 1. The highest BCUT2D eigenvalue weighted by molar-refractivity contribution is 6.60. The van der Waals surface area contributed by atoms with Crippen molar-refractivity contribution in [1.82, 2.24) is 0 Å². The molecule has 0 aliphatic heterocycles. The van der Waals surface area contributed by atoms with Crippen LogP contribution in [0.5, 0.6) is 0 Å². The minimum absolute atomic E-state index is 0.180. The molecular formula is C22H32O5Si. The van der Waals surface area contributed by atoms with E-state index < -0.39 is 8.80 Å². The minimum Gasteiger partial charge on any atom is -0.465 e. The number of hydrogen-bond donors (Lipinski definition) is 0. The van der Waals surface area contributed by atoms with Crippen LogP contribution in [0.3, 0.4) is 0 Å². The molecule has 0 amide bonds. The number of fused-ring (bicyclic) bond motifs is 1. The summed E-state index contributed by atoms with van der Waals surface area (Å²) in [5, 5.41) is 2.46. The Bertz CT molecular complexity index is 751. The summed E-state index contributed by atoms with van der Waals surface area (Å²) in [6, 6.07) is 15.3. The van der Waals surface area contributed by atoms with E-state index in [0.29, 0.717) is 12.0 Å². The Balaban J connectivity index is 1.94. The summed E-state index contributed by atoms with van der Waals surface area (Å²) >= 11 is 0. The van der Waals surface area contributed by atoms with Crippen LogP contribution in [0.2, 0.25) is 6.04 Å². The molecule has 0 N–H and O–H groups in total. The molecule has 2 aromatic rings. The van der Waals surface area contributed by atoms with E-state index >= 15 is 0 Å². The summed E-state index contributed by atoms with van der Waals surface area (Å²) in [4.78, 5) is 12.5. The molecule has 0 aromatic heterocycles. The largest absolute Gasteiger partial charge is 0.503 e. The van der Waals surface area contributed by atoms with Gasteiger partial charge in [0.15, 0.2) is 0 Å². The predicted octanol–water partition coefficient (Wildman–Crippen LogP) is 4.78. The summed E-state index contributed by atoms with van der Waals surface area (Å²) in [5.74, 6) is -0.0527. The lowest BCUT2D eigenvalue weighted by atomic mass is 9.87. The molecule has 2 unspecified atom stereocenters. The van der Waals surface area contributed by atoms with Gasteiger partial charge in [-0.3, -0.25) is 4.79 Å². The van der Waals surface area contributed by atoms with Crippen LogP contribution in [0.25, 0.3) is 10.8 Å². The van der Waals surface area contributed by atoms with Gasteiger partial charge in [0.2, 0.25) is 0 Å². The number of carbonyl (C=O) groups is 1. The van der Waals surface area contributed by atoms with Crippen molar-refractivity contribution in [3.63, 3.8) is 0 Å². The molecule has 0 saturated heterocycles. The maximum atomic E-state index is 12.5. The van der Waals surface area contributed by atoms with Crippen molar-refractivity contribution in [2.24, 2.45) is 5.92 Å². The maximum absolute atomic E-state index is 12.5. The quantitative estimate of drug-likeness (QED) is 0.398. The van der Waals surface area contributed by atoms with Crippen LogP contribution >= 0.6 is 0 Å². The van der Waals surface area contributed by atoms with Gasteiger partial charge in [0.1, 0.15) is 0 Å². The molecule has 2 aromatic carbocycles. The van der Waals surface area contributed by atoms with Crippen LogP contribution in [0.1, 0.15) is 38.2 Å². The van der Waals surface area contributed by atoms with E-state index in [1.54, 1.807) is 21.3 Å². The van der Waals surface area contributed by atoms with Gasteiger partial charge in [-0.25, -0.2) is 0 Å². The molecule has 0 aliphatic carbocycles. The molecule has 154 valence electrons. The second-order valence-electron chi connectivity index (χ2n) is 7.06. The molecule has 0 heterocycles. The Hall–Kier alpha value is -1.73. The first-order chi connectivity index (χ1) is 13.5. The normalized spacial score (nSPS) is 14.0. The van der Waals surface area contributed by atoms with E-state index in [1.807, 2.05) is 13.0 Å². The number of benzene rings is 2. The highest BCUT2D eigenvalue weighted by Gasteiger charge is 2.38. The molecule has 0 bridgehead atoms. The third-order valence-corrected chi connectivity index (χ3v) is 8.05. The van der Waals surface area contributed by atoms with E-state index in [-0.39, 0.29) is 18.5 Å². The van der Waals surface area contributed by atoms with E-state index in [1.165, 1.54) is 16.3 Å². The van der Waals surface area contributed by atoms with Gasteiger partial charge in [0.25, 0.3) is 0 Å². The standard InChI is InChI=1S/C22H32O5Si/c1-6-18(21-12-11-19-9-7-8-10-20(19)16-21)15-17(2)22(23)27-13-14-28(24-3,25-4)26-5/h7-12,16-18H,6,13-15H2,1-5H3. The zero-order valence-electron chi connectivity index (χ0n) is 17.6. The maximum Gasteiger partial charge on any atom is 0.503 e. The van der Waals surface area contributed by atoms with Gasteiger partial charge in [-0.1, -0.05) is 56.3 Å². The zero-order chi connectivity index (χ0) is 20.6. The van der Waals surface area contributed by atoms with Gasteiger partial charge in [-0.05, 0) is 35.1 Å². The highest BCUT2D eigenvalue weighted by atomic mass is 28.4. The minimum atomic E-state index is -2.71. The van der Waals surface area contributed by atoms with E-state index in [2.05, 4.69) is 43.3 Å². The highest BCUT2D eigenvalue weighted by Crippen LogP contribution is 2.30.